The molecule has 0 bridgehead atoms. The maximum atomic E-state index is 5.98. The molecule has 1 aromatic carbocycles. The lowest BCUT2D eigenvalue weighted by Gasteiger charge is -2.06. The fourth-order valence-corrected chi connectivity index (χ4v) is 1.62. The Balaban J connectivity index is 0.000000980. The molecule has 0 aliphatic rings. The SMILES string of the molecule is CC[C@H](N)c1c[nH]c2ccccc12.Cl. The van der Waals surface area contributed by atoms with E-state index < -0.39 is 0 Å². The van der Waals surface area contributed by atoms with E-state index in [-0.39, 0.29) is 18.4 Å². The molecular weight excluding hydrogens is 196 g/mol. The number of H-pyrrole nitrogens is 1. The Hall–Kier alpha value is -0.990. The first kappa shape index (κ1) is 11.1. The fraction of sp³-hybridized carbons (Fsp3) is 0.273. The number of nitrogens with one attached hydrogen (secondary N) is 1. The monoisotopic (exact) mass is 210 g/mol. The molecule has 2 rings (SSSR count). The van der Waals surface area contributed by atoms with Gasteiger partial charge >= 0.3 is 0 Å². The van der Waals surface area contributed by atoms with Gasteiger partial charge in [-0.2, -0.15) is 0 Å². The van der Waals surface area contributed by atoms with E-state index in [2.05, 4.69) is 24.0 Å². The van der Waals surface area contributed by atoms with Crippen LogP contribution >= 0.6 is 12.4 Å². The summed E-state index contributed by atoms with van der Waals surface area (Å²) in [7, 11) is 0. The minimum absolute atomic E-state index is 0. The summed E-state index contributed by atoms with van der Waals surface area (Å²) >= 11 is 0. The summed E-state index contributed by atoms with van der Waals surface area (Å²) in [5.74, 6) is 0. The van der Waals surface area contributed by atoms with Gasteiger partial charge in [-0.25, -0.2) is 0 Å². The first-order valence-electron chi connectivity index (χ1n) is 4.64. The third kappa shape index (κ3) is 1.76. The number of halogens is 1. The van der Waals surface area contributed by atoms with Crippen molar-refractivity contribution in [2.45, 2.75) is 19.4 Å². The molecular formula is C11H15ClN2. The van der Waals surface area contributed by atoms with Crippen molar-refractivity contribution in [3.05, 3.63) is 36.0 Å². The Morgan fingerprint density at radius 2 is 2.07 bits per heavy atom. The molecule has 3 heteroatoms. The molecule has 0 aliphatic heterocycles. The molecule has 0 amide bonds. The summed E-state index contributed by atoms with van der Waals surface area (Å²) < 4.78 is 0. The average Bonchev–Trinajstić information content (AvgIpc) is 2.60. The van der Waals surface area contributed by atoms with Crippen LogP contribution in [0.5, 0.6) is 0 Å². The summed E-state index contributed by atoms with van der Waals surface area (Å²) in [4.78, 5) is 3.22. The minimum Gasteiger partial charge on any atom is -0.361 e. The van der Waals surface area contributed by atoms with Gasteiger partial charge in [0.2, 0.25) is 0 Å². The summed E-state index contributed by atoms with van der Waals surface area (Å²) in [6.07, 6.45) is 2.99. The highest BCUT2D eigenvalue weighted by molar-refractivity contribution is 5.85. The summed E-state index contributed by atoms with van der Waals surface area (Å²) in [5.41, 5.74) is 8.37. The third-order valence-electron chi connectivity index (χ3n) is 2.46. The summed E-state index contributed by atoms with van der Waals surface area (Å²) in [5, 5.41) is 1.25. The van der Waals surface area contributed by atoms with E-state index in [0.29, 0.717) is 0 Å². The smallest absolute Gasteiger partial charge is 0.0457 e. The van der Waals surface area contributed by atoms with Crippen LogP contribution in [-0.2, 0) is 0 Å². The van der Waals surface area contributed by atoms with Gasteiger partial charge in [0.25, 0.3) is 0 Å². The van der Waals surface area contributed by atoms with Gasteiger partial charge in [-0.05, 0) is 18.1 Å². The van der Waals surface area contributed by atoms with Gasteiger partial charge < -0.3 is 10.7 Å². The van der Waals surface area contributed by atoms with E-state index in [4.69, 9.17) is 5.73 Å². The van der Waals surface area contributed by atoms with Crippen LogP contribution in [0.15, 0.2) is 30.5 Å². The first-order chi connectivity index (χ1) is 6.33. The van der Waals surface area contributed by atoms with Crippen LogP contribution < -0.4 is 5.73 Å². The second-order valence-corrected chi connectivity index (χ2v) is 3.30. The molecule has 76 valence electrons. The topological polar surface area (TPSA) is 41.8 Å². The highest BCUT2D eigenvalue weighted by atomic mass is 35.5. The maximum absolute atomic E-state index is 5.98. The zero-order valence-corrected chi connectivity index (χ0v) is 8.97. The number of hydrogen-bond acceptors (Lipinski definition) is 1. The van der Waals surface area contributed by atoms with Crippen molar-refractivity contribution in [1.29, 1.82) is 0 Å². The zero-order chi connectivity index (χ0) is 9.26. The number of benzene rings is 1. The Labute approximate surface area is 89.9 Å². The van der Waals surface area contributed by atoms with Gasteiger partial charge in [0.1, 0.15) is 0 Å². The predicted molar refractivity (Wildman–Crippen MR) is 62.8 cm³/mol. The van der Waals surface area contributed by atoms with E-state index in [1.807, 2.05) is 18.3 Å². The van der Waals surface area contributed by atoms with Crippen LogP contribution in [0, 0.1) is 0 Å². The number of fused-ring (bicyclic) bond motifs is 1. The highest BCUT2D eigenvalue weighted by Gasteiger charge is 2.08. The molecule has 1 heterocycles. The Morgan fingerprint density at radius 3 is 2.79 bits per heavy atom. The van der Waals surface area contributed by atoms with Crippen LogP contribution in [0.4, 0.5) is 0 Å². The van der Waals surface area contributed by atoms with E-state index in [0.717, 1.165) is 6.42 Å². The van der Waals surface area contributed by atoms with Crippen molar-refractivity contribution >= 4 is 23.3 Å². The molecule has 1 atom stereocenters. The molecule has 0 spiro atoms. The second-order valence-electron chi connectivity index (χ2n) is 3.30. The lowest BCUT2D eigenvalue weighted by Crippen LogP contribution is -2.07. The van der Waals surface area contributed by atoms with E-state index in [9.17, 15) is 0 Å². The van der Waals surface area contributed by atoms with Crippen molar-refractivity contribution in [1.82, 2.24) is 4.98 Å². The number of rotatable bonds is 2. The lowest BCUT2D eigenvalue weighted by atomic mass is 10.1. The maximum Gasteiger partial charge on any atom is 0.0457 e. The second kappa shape index (κ2) is 4.49. The first-order valence-corrected chi connectivity index (χ1v) is 4.64. The van der Waals surface area contributed by atoms with Crippen LogP contribution in [0.25, 0.3) is 10.9 Å². The van der Waals surface area contributed by atoms with E-state index >= 15 is 0 Å². The molecule has 0 unspecified atom stereocenters. The van der Waals surface area contributed by atoms with E-state index in [1.165, 1.54) is 16.5 Å². The number of nitrogens with two attached hydrogens (primary N) is 1. The fourth-order valence-electron chi connectivity index (χ4n) is 1.62. The number of aromatic amines is 1. The van der Waals surface area contributed by atoms with Crippen LogP contribution in [-0.4, -0.2) is 4.98 Å². The van der Waals surface area contributed by atoms with Gasteiger partial charge in [0.15, 0.2) is 0 Å². The molecule has 14 heavy (non-hydrogen) atoms. The summed E-state index contributed by atoms with van der Waals surface area (Å²) in [6, 6.07) is 8.40. The molecule has 0 aliphatic carbocycles. The minimum atomic E-state index is 0. The van der Waals surface area contributed by atoms with Gasteiger partial charge in [0, 0.05) is 23.1 Å². The average molecular weight is 211 g/mol. The Kier molecular flexibility index (Phi) is 3.55. The molecule has 0 radical (unpaired) electrons. The van der Waals surface area contributed by atoms with Crippen molar-refractivity contribution in [2.75, 3.05) is 0 Å². The van der Waals surface area contributed by atoms with Crippen LogP contribution in [0.2, 0.25) is 0 Å². The molecule has 2 aromatic rings. The number of aromatic nitrogens is 1. The Morgan fingerprint density at radius 1 is 1.36 bits per heavy atom. The zero-order valence-electron chi connectivity index (χ0n) is 8.16. The molecule has 3 N–H and O–H groups in total. The molecule has 2 nitrogen and oxygen atoms in total. The quantitative estimate of drug-likeness (QED) is 0.786. The van der Waals surface area contributed by atoms with Crippen LogP contribution in [0.1, 0.15) is 24.9 Å². The van der Waals surface area contributed by atoms with Gasteiger partial charge in [-0.1, -0.05) is 25.1 Å². The normalized spacial score (nSPS) is 12.4. The third-order valence-corrected chi connectivity index (χ3v) is 2.46. The van der Waals surface area contributed by atoms with Crippen molar-refractivity contribution in [3.8, 4) is 0 Å². The van der Waals surface area contributed by atoms with E-state index in [1.54, 1.807) is 0 Å². The van der Waals surface area contributed by atoms with Crippen molar-refractivity contribution in [3.63, 3.8) is 0 Å². The molecule has 1 aromatic heterocycles. The van der Waals surface area contributed by atoms with Gasteiger partial charge in [-0.15, -0.1) is 12.4 Å². The van der Waals surface area contributed by atoms with Gasteiger partial charge in [0.05, 0.1) is 0 Å². The van der Waals surface area contributed by atoms with Crippen molar-refractivity contribution < 1.29 is 0 Å². The van der Waals surface area contributed by atoms with Crippen LogP contribution in [0.3, 0.4) is 0 Å². The predicted octanol–water partition coefficient (Wildman–Crippen LogP) is 3.00. The Bertz CT molecular complexity index is 408. The molecule has 0 fully saturated rings. The van der Waals surface area contributed by atoms with Crippen molar-refractivity contribution in [2.24, 2.45) is 5.73 Å². The highest BCUT2D eigenvalue weighted by Crippen LogP contribution is 2.23. The number of hydrogen-bond donors (Lipinski definition) is 2. The molecule has 0 saturated heterocycles. The largest absolute Gasteiger partial charge is 0.361 e. The number of para-hydroxylation sites is 1. The molecule has 0 saturated carbocycles. The standard InChI is InChI=1S/C11H14N2.ClH/c1-2-10(12)9-7-13-11-6-4-3-5-8(9)11;/h3-7,10,13H,2,12H2,1H3;1H/t10-;/m0./s1. The lowest BCUT2D eigenvalue weighted by molar-refractivity contribution is 0.704. The van der Waals surface area contributed by atoms with Gasteiger partial charge in [-0.3, -0.25) is 0 Å². The summed E-state index contributed by atoms with van der Waals surface area (Å²) in [6.45, 7) is 2.10.